The van der Waals surface area contributed by atoms with Gasteiger partial charge < -0.3 is 152 Å². The number of rotatable bonds is 22. The fraction of sp³-hybridized carbons (Fsp3) is 0.899. The molecule has 0 aromatic rings. The molecule has 34 heteroatoms. The summed E-state index contributed by atoms with van der Waals surface area (Å²) in [5.74, 6) is -2.55. The number of hydrogen-bond donors (Lipinski definition) is 15. The highest BCUT2D eigenvalue weighted by Gasteiger charge is 2.81. The highest BCUT2D eigenvalue weighted by molar-refractivity contribution is 5.84. The van der Waals surface area contributed by atoms with Crippen molar-refractivity contribution < 1.29 is 167 Å². The molecule has 7 saturated heterocycles. The number of aliphatic hydroxyl groups is 15. The molecule has 4 aliphatic carbocycles. The zero-order valence-electron chi connectivity index (χ0n) is 59.6. The van der Waals surface area contributed by atoms with Crippen LogP contribution in [0.3, 0.4) is 0 Å². The lowest BCUT2D eigenvalue weighted by molar-refractivity contribution is -0.394. The zero-order chi connectivity index (χ0) is 75.2. The summed E-state index contributed by atoms with van der Waals surface area (Å²) in [6.45, 7) is 16.6. The normalized spacial score (nSPS) is 50.7. The number of carbonyl (C=O) groups excluding carboxylic acids is 3. The van der Waals surface area contributed by atoms with E-state index in [1.54, 1.807) is 6.92 Å². The zero-order valence-corrected chi connectivity index (χ0v) is 59.6. The minimum absolute atomic E-state index is 0.124. The molecule has 10 fully saturated rings. The molecule has 3 saturated carbocycles. The fourth-order valence-corrected chi connectivity index (χ4v) is 19.4. The molecule has 0 amide bonds. The third-order valence-corrected chi connectivity index (χ3v) is 24.7. The quantitative estimate of drug-likeness (QED) is 0.0212. The van der Waals surface area contributed by atoms with Gasteiger partial charge in [-0.15, -0.1) is 6.58 Å². The Hall–Kier alpha value is -3.23. The summed E-state index contributed by atoms with van der Waals surface area (Å²) >= 11 is 0. The van der Waals surface area contributed by atoms with Gasteiger partial charge in [0.05, 0.1) is 56.6 Å². The summed E-state index contributed by atoms with van der Waals surface area (Å²) in [5.41, 5.74) is -2.66. The van der Waals surface area contributed by atoms with Gasteiger partial charge in [-0.05, 0) is 100 Å². The van der Waals surface area contributed by atoms with Gasteiger partial charge in [-0.25, -0.2) is 0 Å². The highest BCUT2D eigenvalue weighted by Crippen LogP contribution is 2.77. The Kier molecular flexibility index (Phi) is 24.5. The Bertz CT molecular complexity index is 2990. The second-order valence-corrected chi connectivity index (χ2v) is 31.4. The van der Waals surface area contributed by atoms with E-state index in [2.05, 4.69) is 40.3 Å². The summed E-state index contributed by atoms with van der Waals surface area (Å²) in [6, 6.07) is 0. The molecular formula is C69H108O34. The summed E-state index contributed by atoms with van der Waals surface area (Å²) in [6.07, 6.45) is -44.6. The van der Waals surface area contributed by atoms with Crippen molar-refractivity contribution in [2.24, 2.45) is 39.4 Å². The van der Waals surface area contributed by atoms with Crippen molar-refractivity contribution in [3.8, 4) is 0 Å². The lowest BCUT2D eigenvalue weighted by atomic mass is 9.41. The maximum absolute atomic E-state index is 15.1. The molecular weight excluding hydrogens is 1370 g/mol. The third kappa shape index (κ3) is 14.4. The Morgan fingerprint density at radius 2 is 1.15 bits per heavy atom. The Balaban J connectivity index is 0.835. The van der Waals surface area contributed by atoms with Crippen LogP contribution in [0.4, 0.5) is 0 Å². The van der Waals surface area contributed by atoms with Crippen molar-refractivity contribution in [1.29, 1.82) is 0 Å². The van der Waals surface area contributed by atoms with E-state index in [0.717, 1.165) is 11.1 Å². The van der Waals surface area contributed by atoms with Crippen molar-refractivity contribution in [2.75, 3.05) is 40.1 Å². The maximum Gasteiger partial charge on any atom is 0.314 e. The van der Waals surface area contributed by atoms with Crippen LogP contribution in [0, 0.1) is 39.4 Å². The van der Waals surface area contributed by atoms with Gasteiger partial charge in [0, 0.05) is 21.0 Å². The number of hydrogen-bond acceptors (Lipinski definition) is 34. The average Bonchev–Trinajstić information content (AvgIpc) is 1.50. The Morgan fingerprint density at radius 1 is 0.583 bits per heavy atom. The molecule has 7 aliphatic heterocycles. The van der Waals surface area contributed by atoms with E-state index >= 15 is 4.79 Å². The molecule has 7 heterocycles. The van der Waals surface area contributed by atoms with E-state index in [1.807, 2.05) is 6.92 Å². The summed E-state index contributed by atoms with van der Waals surface area (Å²) in [4.78, 5) is 41.0. The molecule has 0 aromatic carbocycles. The topological polar surface area (TPSA) is 502 Å². The van der Waals surface area contributed by atoms with Crippen molar-refractivity contribution >= 4 is 17.9 Å². The van der Waals surface area contributed by atoms with E-state index < -0.39 is 274 Å². The second kappa shape index (κ2) is 31.3. The molecule has 38 atom stereocenters. The van der Waals surface area contributed by atoms with E-state index in [0.29, 0.717) is 44.9 Å². The van der Waals surface area contributed by atoms with Gasteiger partial charge in [0.15, 0.2) is 43.3 Å². The number of esters is 3. The Labute approximate surface area is 595 Å². The number of cyclic esters (lactones) is 1. The summed E-state index contributed by atoms with van der Waals surface area (Å²) < 4.78 is 96.7. The molecule has 15 N–H and O–H groups in total. The first-order valence-corrected chi connectivity index (χ1v) is 35.7. The van der Waals surface area contributed by atoms with Crippen LogP contribution in [0.2, 0.25) is 0 Å². The first kappa shape index (κ1) is 80.8. The minimum atomic E-state index is -2.07. The standard InChI is InChI=1S/C69H108O34/c1-26(2)12-15-40(93-29(5)74)68(10)57-33(92-28(4)73)20-67(9)31-13-14-38-65(6,7)39(17-18-66(38,8)30(31)16-19-69(57,67)64(87)103-68)98-63-56(43(78)37(25-90-63)97-60-49(84)46(81)54(36(23-72)96-60)101-61-47(82)44(79)41(76)34(21-70)94-61)102-59-48(83)45(80)52(27(3)91-59)99-58-50(85)53(32(75)24-89-58)100-62-51(86)55(88-11)42(77)35(22-71)95-62/h16,27,31-63,70-72,75-86H,1,12-15,17-25H2,2-11H3/t27-,31-,32-,33+,34-,35-,36-,37-,38+,39+,40-,41-,42-,43+,44+,45-,46-,47-,48-,49-,50-,51-,52-,53+,54-,55+,56-,57-,58+,59+,60+,61+,62+,63+,66-,67+,68+,69?/m1/s1. The van der Waals surface area contributed by atoms with Crippen LogP contribution in [0.25, 0.3) is 0 Å². The predicted octanol–water partition coefficient (Wildman–Crippen LogP) is -4.02. The molecule has 1 spiro atoms. The average molecular weight is 1480 g/mol. The van der Waals surface area contributed by atoms with Crippen molar-refractivity contribution in [2.45, 2.75) is 310 Å². The Morgan fingerprint density at radius 3 is 1.78 bits per heavy atom. The lowest BCUT2D eigenvalue weighted by Gasteiger charge is -2.63. The van der Waals surface area contributed by atoms with Crippen molar-refractivity contribution in [3.05, 3.63) is 23.8 Å². The second-order valence-electron chi connectivity index (χ2n) is 31.4. The first-order valence-electron chi connectivity index (χ1n) is 35.7. The highest BCUT2D eigenvalue weighted by atomic mass is 16.8. The molecule has 0 bridgehead atoms. The van der Waals surface area contributed by atoms with E-state index in [-0.39, 0.29) is 18.3 Å². The van der Waals surface area contributed by atoms with Crippen LogP contribution in [-0.2, 0) is 90.2 Å². The van der Waals surface area contributed by atoms with Gasteiger partial charge in [0.2, 0.25) is 0 Å². The van der Waals surface area contributed by atoms with Crippen LogP contribution in [0.1, 0.15) is 114 Å². The van der Waals surface area contributed by atoms with Crippen LogP contribution >= 0.6 is 0 Å². The van der Waals surface area contributed by atoms with Gasteiger partial charge in [0.1, 0.15) is 140 Å². The molecule has 11 rings (SSSR count). The maximum atomic E-state index is 15.1. The molecule has 103 heavy (non-hydrogen) atoms. The molecule has 0 radical (unpaired) electrons. The van der Waals surface area contributed by atoms with Gasteiger partial charge in [0.25, 0.3) is 0 Å². The third-order valence-electron chi connectivity index (χ3n) is 24.7. The minimum Gasteiger partial charge on any atom is -0.462 e. The van der Waals surface area contributed by atoms with Gasteiger partial charge >= 0.3 is 17.9 Å². The molecule has 1 unspecified atom stereocenters. The predicted molar refractivity (Wildman–Crippen MR) is 342 cm³/mol. The van der Waals surface area contributed by atoms with Gasteiger partial charge in [-0.3, -0.25) is 14.4 Å². The number of aliphatic hydroxyl groups excluding tert-OH is 15. The van der Waals surface area contributed by atoms with Gasteiger partial charge in [-0.2, -0.15) is 0 Å². The number of methoxy groups -OCH3 is 1. The monoisotopic (exact) mass is 1480 g/mol. The van der Waals surface area contributed by atoms with Gasteiger partial charge in [-0.1, -0.05) is 44.9 Å². The first-order chi connectivity index (χ1) is 48.5. The summed E-state index contributed by atoms with van der Waals surface area (Å²) in [7, 11) is 1.19. The summed E-state index contributed by atoms with van der Waals surface area (Å²) in [5, 5.41) is 166. The molecule has 0 aromatic heterocycles. The number of ether oxygens (including phenoxy) is 16. The number of fused-ring (bicyclic) bond motifs is 4. The van der Waals surface area contributed by atoms with Crippen LogP contribution in [-0.4, -0.2) is 331 Å². The fourth-order valence-electron chi connectivity index (χ4n) is 19.4. The molecule has 588 valence electrons. The molecule has 34 nitrogen and oxygen atoms in total. The largest absolute Gasteiger partial charge is 0.462 e. The van der Waals surface area contributed by atoms with E-state index in [1.165, 1.54) is 27.9 Å². The molecule has 11 aliphatic rings. The lowest BCUT2D eigenvalue weighted by Crippen LogP contribution is -2.67. The number of allylic oxidation sites excluding steroid dienone is 3. The van der Waals surface area contributed by atoms with E-state index in [9.17, 15) is 86.2 Å². The number of carbonyl (C=O) groups is 3. The van der Waals surface area contributed by atoms with Crippen molar-refractivity contribution in [3.63, 3.8) is 0 Å². The van der Waals surface area contributed by atoms with Crippen LogP contribution in [0.15, 0.2) is 23.8 Å². The van der Waals surface area contributed by atoms with E-state index in [4.69, 9.17) is 75.8 Å². The van der Waals surface area contributed by atoms with Crippen molar-refractivity contribution in [1.82, 2.24) is 0 Å². The van der Waals surface area contributed by atoms with Crippen LogP contribution in [0.5, 0.6) is 0 Å². The SMILES string of the molecule is C=C(C)CC[C@@H](OC(C)=O)[C@]1(C)OC(=O)C23CC=C4[C@@H](CC[C@H]5C(C)(C)[C@@H](O[C@@H]6OC[C@@H](O[C@@H]7O[C@H](CO)[C@@H](O[C@@H]8O[C@H](CO)[C@@H](O)[C@H](O)[C@H]8O)[C@H](O)[C@H]7O)[C@H](O)[C@H]6O[C@@H]6O[C@H](C)[C@@H](O[C@@H]7OC[C@@H](O)[C@H](O[C@@H]8O[C@H](CO)[C@@H](O)[C@H](OC)[C@H]8O)[C@H]7O)[C@H](O)[C@H]6O)CC[C@]45C)[C@]2(C)C[C@H](OC(C)=O)[C@@H]31. The smallest absolute Gasteiger partial charge is 0.314 e. The van der Waals surface area contributed by atoms with Crippen LogP contribution < -0.4 is 0 Å².